The van der Waals surface area contributed by atoms with Crippen molar-refractivity contribution in [1.82, 2.24) is 5.32 Å². The lowest BCUT2D eigenvalue weighted by atomic mass is 9.86. The highest BCUT2D eigenvalue weighted by Gasteiger charge is 2.25. The van der Waals surface area contributed by atoms with Gasteiger partial charge in [0.1, 0.15) is 0 Å². The van der Waals surface area contributed by atoms with E-state index in [2.05, 4.69) is 31.0 Å². The second-order valence-corrected chi connectivity index (χ2v) is 4.69. The Bertz CT molecular complexity index is 279. The molecular formula is C14H25NO. The minimum Gasteiger partial charge on any atom is -0.352 e. The van der Waals surface area contributed by atoms with Crippen molar-refractivity contribution >= 4 is 5.91 Å². The maximum Gasteiger partial charge on any atom is 0.217 e. The Hall–Kier alpha value is -0.970. The van der Waals surface area contributed by atoms with Gasteiger partial charge >= 0.3 is 0 Å². The van der Waals surface area contributed by atoms with Crippen molar-refractivity contribution in [2.24, 2.45) is 11.3 Å². The van der Waals surface area contributed by atoms with Crippen LogP contribution in [0.3, 0.4) is 0 Å². The normalized spacial score (nSPS) is 16.1. The summed E-state index contributed by atoms with van der Waals surface area (Å²) in [5.41, 5.74) is -0.131. The van der Waals surface area contributed by atoms with Gasteiger partial charge in [-0.3, -0.25) is 4.79 Å². The molecule has 1 rings (SSSR count). The first-order valence-electron chi connectivity index (χ1n) is 6.21. The van der Waals surface area contributed by atoms with E-state index in [-0.39, 0.29) is 17.4 Å². The van der Waals surface area contributed by atoms with Crippen LogP contribution in [-0.4, -0.2) is 11.9 Å². The summed E-state index contributed by atoms with van der Waals surface area (Å²) in [5, 5.41) is 2.89. The third-order valence-electron chi connectivity index (χ3n) is 2.68. The van der Waals surface area contributed by atoms with Crippen LogP contribution in [0.2, 0.25) is 0 Å². The van der Waals surface area contributed by atoms with Crippen molar-refractivity contribution in [1.29, 1.82) is 0 Å². The number of hydrogen-bond donors (Lipinski definition) is 1. The van der Waals surface area contributed by atoms with Crippen molar-refractivity contribution in [2.45, 2.75) is 60.4 Å². The van der Waals surface area contributed by atoms with E-state index < -0.39 is 0 Å². The summed E-state index contributed by atoms with van der Waals surface area (Å²) in [6, 6.07) is 0.103. The molecule has 1 atom stereocenters. The first-order valence-corrected chi connectivity index (χ1v) is 6.21. The molecule has 2 nitrogen and oxygen atoms in total. The average molecular weight is 223 g/mol. The highest BCUT2D eigenvalue weighted by atomic mass is 16.1. The van der Waals surface area contributed by atoms with E-state index in [9.17, 15) is 4.79 Å². The number of carbonyl (C=O) groups is 1. The fourth-order valence-corrected chi connectivity index (χ4v) is 1.11. The van der Waals surface area contributed by atoms with E-state index in [1.54, 1.807) is 6.92 Å². The van der Waals surface area contributed by atoms with Crippen LogP contribution >= 0.6 is 0 Å². The first-order chi connectivity index (χ1) is 7.42. The molecule has 1 aliphatic rings. The monoisotopic (exact) mass is 223 g/mol. The molecule has 1 aliphatic carbocycles. The van der Waals surface area contributed by atoms with Crippen LogP contribution < -0.4 is 5.32 Å². The third kappa shape index (κ3) is 5.80. The van der Waals surface area contributed by atoms with Gasteiger partial charge in [0.15, 0.2) is 0 Å². The molecule has 0 aromatic heterocycles. The van der Waals surface area contributed by atoms with Crippen molar-refractivity contribution < 1.29 is 4.79 Å². The zero-order chi connectivity index (χ0) is 12.8. The molecule has 0 spiro atoms. The summed E-state index contributed by atoms with van der Waals surface area (Å²) >= 11 is 0. The fraction of sp³-hybridized carbons (Fsp3) is 0.786. The van der Waals surface area contributed by atoms with Gasteiger partial charge in [0.05, 0.1) is 0 Å². The van der Waals surface area contributed by atoms with Crippen molar-refractivity contribution in [3.8, 4) is 11.8 Å². The van der Waals surface area contributed by atoms with Gasteiger partial charge in [-0.1, -0.05) is 25.7 Å². The van der Waals surface area contributed by atoms with Gasteiger partial charge in [0.2, 0.25) is 5.91 Å². The third-order valence-corrected chi connectivity index (χ3v) is 2.68. The molecule has 0 heterocycles. The number of amides is 1. The molecule has 0 saturated heterocycles. The second-order valence-electron chi connectivity index (χ2n) is 4.69. The van der Waals surface area contributed by atoms with Gasteiger partial charge in [-0.25, -0.2) is 0 Å². The number of nitrogens with one attached hydrogen (secondary N) is 1. The average Bonchev–Trinajstić information content (AvgIpc) is 3.00. The zero-order valence-electron chi connectivity index (χ0n) is 11.5. The van der Waals surface area contributed by atoms with E-state index in [1.807, 2.05) is 20.8 Å². The standard InChI is InChI=1S/C12H19NO.C2H6/c1-9(13-10(2)14)12(3,4)8-7-11-5-6-11;1-2/h9,11H,5-6H2,1-4H3,(H,13,14);1-2H3. The Morgan fingerprint density at radius 2 is 1.88 bits per heavy atom. The molecule has 1 amide bonds. The zero-order valence-corrected chi connectivity index (χ0v) is 11.5. The highest BCUT2D eigenvalue weighted by molar-refractivity contribution is 5.73. The molecular weight excluding hydrogens is 198 g/mol. The van der Waals surface area contributed by atoms with Crippen LogP contribution in [-0.2, 0) is 4.79 Å². The van der Waals surface area contributed by atoms with Gasteiger partial charge in [-0.05, 0) is 33.6 Å². The molecule has 0 radical (unpaired) electrons. The van der Waals surface area contributed by atoms with Crippen LogP contribution in [0.25, 0.3) is 0 Å². The van der Waals surface area contributed by atoms with E-state index in [1.165, 1.54) is 12.8 Å². The summed E-state index contributed by atoms with van der Waals surface area (Å²) in [6.07, 6.45) is 2.50. The summed E-state index contributed by atoms with van der Waals surface area (Å²) in [5.74, 6) is 7.15. The highest BCUT2D eigenvalue weighted by Crippen LogP contribution is 2.29. The van der Waals surface area contributed by atoms with E-state index in [0.29, 0.717) is 5.92 Å². The van der Waals surface area contributed by atoms with Gasteiger partial charge in [-0.2, -0.15) is 0 Å². The summed E-state index contributed by atoms with van der Waals surface area (Å²) in [6.45, 7) is 11.7. The minimum atomic E-state index is -0.131. The van der Waals surface area contributed by atoms with E-state index >= 15 is 0 Å². The number of rotatable bonds is 2. The Morgan fingerprint density at radius 1 is 1.38 bits per heavy atom. The maximum absolute atomic E-state index is 10.9. The van der Waals surface area contributed by atoms with E-state index in [4.69, 9.17) is 0 Å². The molecule has 92 valence electrons. The van der Waals surface area contributed by atoms with Gasteiger partial charge < -0.3 is 5.32 Å². The fourth-order valence-electron chi connectivity index (χ4n) is 1.11. The van der Waals surface area contributed by atoms with Crippen LogP contribution in [0, 0.1) is 23.2 Å². The predicted octanol–water partition coefficient (Wildman–Crippen LogP) is 2.98. The second kappa shape index (κ2) is 6.58. The molecule has 16 heavy (non-hydrogen) atoms. The quantitative estimate of drug-likeness (QED) is 0.716. The Labute approximate surface area is 100 Å². The molecule has 0 bridgehead atoms. The first kappa shape index (κ1) is 15.0. The Balaban J connectivity index is 0.00000106. The molecule has 1 N–H and O–H groups in total. The summed E-state index contributed by atoms with van der Waals surface area (Å²) in [7, 11) is 0. The van der Waals surface area contributed by atoms with E-state index in [0.717, 1.165) is 0 Å². The van der Waals surface area contributed by atoms with Gasteiger partial charge in [-0.15, -0.1) is 0 Å². The molecule has 0 aromatic carbocycles. The Morgan fingerprint density at radius 3 is 2.25 bits per heavy atom. The van der Waals surface area contributed by atoms with Gasteiger partial charge in [0, 0.05) is 24.3 Å². The number of carbonyl (C=O) groups excluding carboxylic acids is 1. The number of hydrogen-bond acceptors (Lipinski definition) is 1. The van der Waals surface area contributed by atoms with Crippen LogP contribution in [0.1, 0.15) is 54.4 Å². The molecule has 0 aromatic rings. The topological polar surface area (TPSA) is 29.1 Å². The lowest BCUT2D eigenvalue weighted by molar-refractivity contribution is -0.120. The summed E-state index contributed by atoms with van der Waals surface area (Å²) < 4.78 is 0. The largest absolute Gasteiger partial charge is 0.352 e. The van der Waals surface area contributed by atoms with Crippen LogP contribution in [0.4, 0.5) is 0 Å². The molecule has 1 unspecified atom stereocenters. The molecule has 1 fully saturated rings. The maximum atomic E-state index is 10.9. The van der Waals surface area contributed by atoms with Crippen molar-refractivity contribution in [3.63, 3.8) is 0 Å². The lowest BCUT2D eigenvalue weighted by Crippen LogP contribution is -2.41. The Kier molecular flexibility index (Phi) is 6.18. The van der Waals surface area contributed by atoms with Crippen molar-refractivity contribution in [3.05, 3.63) is 0 Å². The van der Waals surface area contributed by atoms with Crippen LogP contribution in [0.5, 0.6) is 0 Å². The van der Waals surface area contributed by atoms with Crippen molar-refractivity contribution in [2.75, 3.05) is 0 Å². The summed E-state index contributed by atoms with van der Waals surface area (Å²) in [4.78, 5) is 10.9. The smallest absolute Gasteiger partial charge is 0.217 e. The molecule has 2 heteroatoms. The predicted molar refractivity (Wildman–Crippen MR) is 68.9 cm³/mol. The minimum absolute atomic E-state index is 0.0128. The molecule has 1 saturated carbocycles. The SMILES string of the molecule is CC.CC(=O)NC(C)C(C)(C)C#CC1CC1. The van der Waals surface area contributed by atoms with Gasteiger partial charge in [0.25, 0.3) is 0 Å². The van der Waals surface area contributed by atoms with Crippen LogP contribution in [0.15, 0.2) is 0 Å². The molecule has 0 aliphatic heterocycles. The lowest BCUT2D eigenvalue weighted by Gasteiger charge is -2.26.